The minimum atomic E-state index is -0.415. The molecule has 0 fully saturated rings. The van der Waals surface area contributed by atoms with Crippen molar-refractivity contribution >= 4 is 11.4 Å². The molecule has 82 valence electrons. The van der Waals surface area contributed by atoms with E-state index in [2.05, 4.69) is 10.3 Å². The zero-order valence-corrected chi connectivity index (χ0v) is 8.62. The van der Waals surface area contributed by atoms with Crippen LogP contribution in [0.15, 0.2) is 36.9 Å². The number of nitrogens with zero attached hydrogens (tertiary/aromatic N) is 3. The van der Waals surface area contributed by atoms with Crippen molar-refractivity contribution in [3.05, 3.63) is 47.0 Å². The van der Waals surface area contributed by atoms with Gasteiger partial charge in [0.2, 0.25) is 0 Å². The van der Waals surface area contributed by atoms with E-state index in [4.69, 9.17) is 0 Å². The minimum Gasteiger partial charge on any atom is -0.388 e. The summed E-state index contributed by atoms with van der Waals surface area (Å²) in [6.45, 7) is 0. The monoisotopic (exact) mass is 218 g/mol. The molecule has 6 nitrogen and oxygen atoms in total. The number of non-ortho nitro benzene ring substituents is 1. The maximum Gasteiger partial charge on any atom is 0.273 e. The van der Waals surface area contributed by atoms with Crippen molar-refractivity contribution in [3.63, 3.8) is 0 Å². The van der Waals surface area contributed by atoms with E-state index in [-0.39, 0.29) is 5.69 Å². The number of aromatic nitrogens is 2. The van der Waals surface area contributed by atoms with Crippen LogP contribution < -0.4 is 5.32 Å². The van der Waals surface area contributed by atoms with E-state index < -0.39 is 4.92 Å². The summed E-state index contributed by atoms with van der Waals surface area (Å²) in [6, 6.07) is 4.80. The van der Waals surface area contributed by atoms with Crippen LogP contribution >= 0.6 is 0 Å². The summed E-state index contributed by atoms with van der Waals surface area (Å²) in [5, 5.41) is 13.6. The third-order valence-corrected chi connectivity index (χ3v) is 2.20. The van der Waals surface area contributed by atoms with Gasteiger partial charge in [-0.3, -0.25) is 10.1 Å². The first kappa shape index (κ1) is 10.2. The molecule has 2 rings (SSSR count). The molecule has 0 radical (unpaired) electrons. The van der Waals surface area contributed by atoms with Gasteiger partial charge in [-0.2, -0.15) is 0 Å². The lowest BCUT2D eigenvalue weighted by Crippen LogP contribution is -1.97. The van der Waals surface area contributed by atoms with Gasteiger partial charge in [-0.25, -0.2) is 4.98 Å². The Morgan fingerprint density at radius 2 is 2.25 bits per heavy atom. The molecule has 1 aromatic heterocycles. The molecule has 1 aromatic carbocycles. The molecule has 0 spiro atoms. The fourth-order valence-corrected chi connectivity index (χ4v) is 1.41. The van der Waals surface area contributed by atoms with E-state index in [0.29, 0.717) is 11.4 Å². The van der Waals surface area contributed by atoms with Crippen molar-refractivity contribution in [1.82, 2.24) is 9.55 Å². The van der Waals surface area contributed by atoms with E-state index in [1.807, 2.05) is 6.07 Å². The van der Waals surface area contributed by atoms with Gasteiger partial charge >= 0.3 is 0 Å². The highest BCUT2D eigenvalue weighted by Gasteiger charge is 2.09. The predicted octanol–water partition coefficient (Wildman–Crippen LogP) is 1.82. The summed E-state index contributed by atoms with van der Waals surface area (Å²) in [5.74, 6) is 0. The number of benzene rings is 1. The van der Waals surface area contributed by atoms with Crippen molar-refractivity contribution in [2.45, 2.75) is 0 Å². The lowest BCUT2D eigenvalue weighted by molar-refractivity contribution is -0.384. The van der Waals surface area contributed by atoms with Crippen molar-refractivity contribution < 1.29 is 4.92 Å². The van der Waals surface area contributed by atoms with Crippen molar-refractivity contribution in [2.24, 2.45) is 0 Å². The van der Waals surface area contributed by atoms with Crippen molar-refractivity contribution in [2.75, 3.05) is 12.4 Å². The number of nitrogens with one attached hydrogen (secondary N) is 1. The zero-order valence-electron chi connectivity index (χ0n) is 8.62. The van der Waals surface area contributed by atoms with Crippen LogP contribution in [-0.2, 0) is 0 Å². The Labute approximate surface area is 91.7 Å². The highest BCUT2D eigenvalue weighted by atomic mass is 16.6. The quantitative estimate of drug-likeness (QED) is 0.630. The Balaban J connectivity index is 2.53. The fourth-order valence-electron chi connectivity index (χ4n) is 1.41. The molecule has 0 bridgehead atoms. The van der Waals surface area contributed by atoms with Crippen molar-refractivity contribution in [3.8, 4) is 5.69 Å². The summed E-state index contributed by atoms with van der Waals surface area (Å²) < 4.78 is 1.72. The third-order valence-electron chi connectivity index (χ3n) is 2.20. The second kappa shape index (κ2) is 4.01. The summed E-state index contributed by atoms with van der Waals surface area (Å²) in [6.07, 6.45) is 4.95. The van der Waals surface area contributed by atoms with Crippen LogP contribution in [0.4, 0.5) is 11.4 Å². The van der Waals surface area contributed by atoms with Gasteiger partial charge in [-0.15, -0.1) is 0 Å². The number of imidazole rings is 1. The number of hydrogen-bond donors (Lipinski definition) is 1. The number of rotatable bonds is 3. The van der Waals surface area contributed by atoms with Gasteiger partial charge in [-0.1, -0.05) is 0 Å². The maximum atomic E-state index is 10.7. The molecule has 0 unspecified atom stereocenters. The summed E-state index contributed by atoms with van der Waals surface area (Å²) in [4.78, 5) is 14.2. The van der Waals surface area contributed by atoms with Crippen LogP contribution in [0.25, 0.3) is 5.69 Å². The second-order valence-electron chi connectivity index (χ2n) is 3.22. The van der Waals surface area contributed by atoms with Crippen LogP contribution in [0.3, 0.4) is 0 Å². The Bertz CT molecular complexity index is 508. The lowest BCUT2D eigenvalue weighted by atomic mass is 10.2. The molecular formula is C10H10N4O2. The number of nitro groups is 1. The molecule has 0 atom stereocenters. The summed E-state index contributed by atoms with van der Waals surface area (Å²) in [7, 11) is 1.72. The molecule has 0 saturated heterocycles. The van der Waals surface area contributed by atoms with Crippen LogP contribution in [0.2, 0.25) is 0 Å². The molecule has 1 heterocycles. The van der Waals surface area contributed by atoms with Gasteiger partial charge in [-0.05, 0) is 6.07 Å². The topological polar surface area (TPSA) is 73.0 Å². The van der Waals surface area contributed by atoms with Gasteiger partial charge in [0.15, 0.2) is 0 Å². The summed E-state index contributed by atoms with van der Waals surface area (Å²) >= 11 is 0. The molecule has 2 aromatic rings. The summed E-state index contributed by atoms with van der Waals surface area (Å²) in [5.41, 5.74) is 1.45. The standard InChI is InChI=1S/C10H10N4O2/c1-11-8-4-9(13-3-2-12-7-13)6-10(5-8)14(15)16/h2-7,11H,1H3. The Morgan fingerprint density at radius 1 is 1.44 bits per heavy atom. The molecule has 1 N–H and O–H groups in total. The normalized spacial score (nSPS) is 10.1. The first-order valence-corrected chi connectivity index (χ1v) is 4.66. The highest BCUT2D eigenvalue weighted by molar-refractivity contribution is 5.58. The predicted molar refractivity (Wildman–Crippen MR) is 59.8 cm³/mol. The Morgan fingerprint density at radius 3 is 2.81 bits per heavy atom. The number of hydrogen-bond acceptors (Lipinski definition) is 4. The van der Waals surface area contributed by atoms with E-state index in [1.54, 1.807) is 30.3 Å². The first-order valence-electron chi connectivity index (χ1n) is 4.66. The van der Waals surface area contributed by atoms with Gasteiger partial charge in [0, 0.05) is 37.3 Å². The molecule has 6 heteroatoms. The smallest absolute Gasteiger partial charge is 0.273 e. The number of anilines is 1. The maximum absolute atomic E-state index is 10.7. The van der Waals surface area contributed by atoms with Gasteiger partial charge < -0.3 is 9.88 Å². The van der Waals surface area contributed by atoms with Crippen LogP contribution in [-0.4, -0.2) is 21.5 Å². The van der Waals surface area contributed by atoms with Gasteiger partial charge in [0.25, 0.3) is 5.69 Å². The lowest BCUT2D eigenvalue weighted by Gasteiger charge is -2.05. The SMILES string of the molecule is CNc1cc(-n2ccnc2)cc([N+](=O)[O-])c1. The molecule has 0 amide bonds. The van der Waals surface area contributed by atoms with Crippen LogP contribution in [0.1, 0.15) is 0 Å². The molecular weight excluding hydrogens is 208 g/mol. The van der Waals surface area contributed by atoms with Gasteiger partial charge in [0.05, 0.1) is 16.9 Å². The Hall–Kier alpha value is -2.37. The molecule has 0 saturated carbocycles. The average Bonchev–Trinajstić information content (AvgIpc) is 2.81. The van der Waals surface area contributed by atoms with Crippen LogP contribution in [0, 0.1) is 10.1 Å². The molecule has 0 aliphatic rings. The zero-order chi connectivity index (χ0) is 11.5. The van der Waals surface area contributed by atoms with Crippen molar-refractivity contribution in [1.29, 1.82) is 0 Å². The molecule has 0 aliphatic heterocycles. The molecule has 0 aliphatic carbocycles. The van der Waals surface area contributed by atoms with E-state index in [0.717, 1.165) is 0 Å². The highest BCUT2D eigenvalue weighted by Crippen LogP contribution is 2.22. The van der Waals surface area contributed by atoms with E-state index in [1.165, 1.54) is 12.1 Å². The average molecular weight is 218 g/mol. The van der Waals surface area contributed by atoms with E-state index >= 15 is 0 Å². The minimum absolute atomic E-state index is 0.0514. The van der Waals surface area contributed by atoms with Gasteiger partial charge in [0.1, 0.15) is 0 Å². The third kappa shape index (κ3) is 1.85. The first-order chi connectivity index (χ1) is 7.70. The fraction of sp³-hybridized carbons (Fsp3) is 0.100. The second-order valence-corrected chi connectivity index (χ2v) is 3.22. The van der Waals surface area contributed by atoms with E-state index in [9.17, 15) is 10.1 Å². The van der Waals surface area contributed by atoms with Crippen LogP contribution in [0.5, 0.6) is 0 Å². The number of nitro benzene ring substituents is 1. The Kier molecular flexibility index (Phi) is 2.55. The molecule has 16 heavy (non-hydrogen) atoms. The largest absolute Gasteiger partial charge is 0.388 e.